The Morgan fingerprint density at radius 2 is 1.86 bits per heavy atom. The van der Waals surface area contributed by atoms with Crippen LogP contribution in [0, 0.1) is 24.1 Å². The number of nitrogens with two attached hydrogens (primary N) is 1. The maximum Gasteiger partial charge on any atom is 0.284 e. The molecule has 0 fully saturated rings. The largest absolute Gasteiger partial charge is 0.408 e. The number of carbonyl (C=O) groups excluding carboxylic acids is 1. The van der Waals surface area contributed by atoms with Crippen LogP contribution in [0.1, 0.15) is 11.4 Å². The number of isocyanates is 1. The minimum Gasteiger partial charge on any atom is -0.408 e. The fourth-order valence-electron chi connectivity index (χ4n) is 0.996. The Balaban J connectivity index is 0.000000206. The van der Waals surface area contributed by atoms with Gasteiger partial charge in [0.2, 0.25) is 6.08 Å². The fraction of sp³-hybridized carbons (Fsp3) is 0.222. The number of aromatic amines is 1. The summed E-state index contributed by atoms with van der Waals surface area (Å²) in [6.45, 7) is 3.67. The first-order chi connectivity index (χ1) is 10.5. The molecule has 3 heterocycles. The lowest BCUT2D eigenvalue weighted by molar-refractivity contribution is 0.553. The number of nitrogen functional groups attached to an aromatic ring is 1. The third-order valence-corrected chi connectivity index (χ3v) is 3.62. The average molecular weight is 358 g/mol. The molecule has 0 radical (unpaired) electrons. The van der Waals surface area contributed by atoms with E-state index < -0.39 is 0 Å². The first-order valence-electron chi connectivity index (χ1n) is 5.42. The summed E-state index contributed by atoms with van der Waals surface area (Å²) in [5.41, 5.74) is 6.95. The van der Waals surface area contributed by atoms with Crippen molar-refractivity contribution >= 4 is 46.4 Å². The normalized spacial score (nSPS) is 9.00. The highest BCUT2D eigenvalue weighted by molar-refractivity contribution is 7.71. The summed E-state index contributed by atoms with van der Waals surface area (Å²) < 4.78 is 12.4. The van der Waals surface area contributed by atoms with E-state index in [0.717, 1.165) is 22.3 Å². The van der Waals surface area contributed by atoms with E-state index in [1.807, 2.05) is 13.8 Å². The van der Waals surface area contributed by atoms with E-state index in [0.29, 0.717) is 10.9 Å². The second-order valence-corrected chi connectivity index (χ2v) is 5.34. The number of hydrogen-bond donors (Lipinski definition) is 3. The number of hydrogen-bond acceptors (Lipinski definition) is 12. The highest BCUT2D eigenvalue weighted by Crippen LogP contribution is 2.22. The zero-order chi connectivity index (χ0) is 16.5. The molecule has 0 bridgehead atoms. The van der Waals surface area contributed by atoms with Gasteiger partial charge in [-0.15, -0.1) is 15.3 Å². The van der Waals surface area contributed by atoms with Crippen LogP contribution in [0.3, 0.4) is 0 Å². The van der Waals surface area contributed by atoms with Gasteiger partial charge in [0.1, 0.15) is 9.88 Å². The number of aromatic nitrogens is 6. The van der Waals surface area contributed by atoms with Gasteiger partial charge in [-0.2, -0.15) is 0 Å². The van der Waals surface area contributed by atoms with Crippen LogP contribution in [0.2, 0.25) is 0 Å². The number of rotatable bonds is 1. The Morgan fingerprint density at radius 1 is 1.27 bits per heavy atom. The van der Waals surface area contributed by atoms with Gasteiger partial charge in [-0.1, -0.05) is 8.98 Å². The van der Waals surface area contributed by atoms with E-state index in [-0.39, 0.29) is 4.84 Å². The summed E-state index contributed by atoms with van der Waals surface area (Å²) >= 11 is 7.18. The van der Waals surface area contributed by atoms with Crippen molar-refractivity contribution in [1.29, 1.82) is 5.41 Å². The molecular formula is C9H10N8O2S3. The molecule has 0 aromatic carbocycles. The molecule has 0 aliphatic heterocycles. The van der Waals surface area contributed by atoms with Crippen LogP contribution in [0.25, 0.3) is 10.8 Å². The van der Waals surface area contributed by atoms with Gasteiger partial charge in [0.25, 0.3) is 10.7 Å². The van der Waals surface area contributed by atoms with Gasteiger partial charge in [0.05, 0.1) is 11.4 Å². The molecule has 3 aromatic heterocycles. The Kier molecular flexibility index (Phi) is 7.12. The van der Waals surface area contributed by atoms with E-state index in [1.165, 1.54) is 23.1 Å². The van der Waals surface area contributed by atoms with Gasteiger partial charge in [0, 0.05) is 11.5 Å². The Labute approximate surface area is 137 Å². The molecule has 0 aliphatic rings. The van der Waals surface area contributed by atoms with Crippen molar-refractivity contribution < 1.29 is 9.21 Å². The van der Waals surface area contributed by atoms with Crippen molar-refractivity contribution in [2.75, 3.05) is 5.73 Å². The number of nitrogens with one attached hydrogen (secondary N) is 2. The summed E-state index contributed by atoms with van der Waals surface area (Å²) in [4.78, 5) is 9.42. The smallest absolute Gasteiger partial charge is 0.284 e. The monoisotopic (exact) mass is 358 g/mol. The minimum absolute atomic E-state index is 0.262. The first-order valence-corrected chi connectivity index (χ1v) is 7.38. The molecule has 3 rings (SSSR count). The van der Waals surface area contributed by atoms with Crippen molar-refractivity contribution in [3.05, 3.63) is 16.2 Å². The summed E-state index contributed by atoms with van der Waals surface area (Å²) in [7, 11) is 0. The van der Waals surface area contributed by atoms with Gasteiger partial charge in [-0.05, 0) is 37.6 Å². The van der Waals surface area contributed by atoms with E-state index in [1.54, 1.807) is 0 Å². The SMILES string of the molecule is Cc1nnsc1-c1n[nH]c(=S)o1.Cc1nnsc1N.N=C=O. The molecule has 3 aromatic rings. The van der Waals surface area contributed by atoms with Crippen molar-refractivity contribution in [2.24, 2.45) is 0 Å². The topological polar surface area (TPSA) is 160 Å². The maximum absolute atomic E-state index is 8.35. The van der Waals surface area contributed by atoms with Crippen molar-refractivity contribution in [3.8, 4) is 10.8 Å². The van der Waals surface area contributed by atoms with Crippen molar-refractivity contribution in [2.45, 2.75) is 13.8 Å². The maximum atomic E-state index is 8.35. The van der Waals surface area contributed by atoms with Gasteiger partial charge in [-0.25, -0.2) is 15.3 Å². The summed E-state index contributed by atoms with van der Waals surface area (Å²) in [6.07, 6.45) is 0.750. The molecule has 0 atom stereocenters. The predicted molar refractivity (Wildman–Crippen MR) is 82.8 cm³/mol. The van der Waals surface area contributed by atoms with Crippen LogP contribution in [0.15, 0.2) is 4.42 Å². The molecule has 0 unspecified atom stereocenters. The zero-order valence-corrected chi connectivity index (χ0v) is 13.8. The molecule has 13 heteroatoms. The lowest BCUT2D eigenvalue weighted by atomic mass is 10.4. The van der Waals surface area contributed by atoms with E-state index >= 15 is 0 Å². The van der Waals surface area contributed by atoms with E-state index in [9.17, 15) is 0 Å². The molecular weight excluding hydrogens is 348 g/mol. The zero-order valence-electron chi connectivity index (χ0n) is 11.4. The fourth-order valence-corrected chi connectivity index (χ4v) is 2.13. The summed E-state index contributed by atoms with van der Waals surface area (Å²) in [6, 6.07) is 0. The molecule has 0 saturated carbocycles. The van der Waals surface area contributed by atoms with Gasteiger partial charge in [0.15, 0.2) is 0 Å². The number of nitrogens with zero attached hydrogens (tertiary/aromatic N) is 5. The van der Waals surface area contributed by atoms with Crippen molar-refractivity contribution in [3.63, 3.8) is 0 Å². The van der Waals surface area contributed by atoms with Crippen LogP contribution in [-0.4, -0.2) is 35.5 Å². The molecule has 0 spiro atoms. The molecule has 22 heavy (non-hydrogen) atoms. The highest BCUT2D eigenvalue weighted by Gasteiger charge is 2.10. The lowest BCUT2D eigenvalue weighted by Gasteiger charge is -1.84. The van der Waals surface area contributed by atoms with Crippen LogP contribution >= 0.6 is 35.3 Å². The van der Waals surface area contributed by atoms with E-state index in [2.05, 4.69) is 29.4 Å². The van der Waals surface area contributed by atoms with Crippen LogP contribution in [0.4, 0.5) is 5.00 Å². The standard InChI is InChI=1S/C5H4N4OS2.C3H5N3S.CHNO/c1-2-3(12-9-6-2)4-7-8-5(11)10-4;1-2-3(4)7-6-5-2;2-1-3/h1H3,(H,8,11);4H2,1H3;2H. The predicted octanol–water partition coefficient (Wildman–Crippen LogP) is 1.89. The molecule has 0 amide bonds. The molecule has 116 valence electrons. The van der Waals surface area contributed by atoms with Gasteiger partial charge in [-0.3, -0.25) is 0 Å². The lowest BCUT2D eigenvalue weighted by Crippen LogP contribution is -1.81. The van der Waals surface area contributed by atoms with Crippen LogP contribution < -0.4 is 5.73 Å². The molecule has 0 aliphatic carbocycles. The number of aryl methyl sites for hydroxylation is 2. The Bertz CT molecular complexity index is 781. The van der Waals surface area contributed by atoms with Crippen LogP contribution in [0.5, 0.6) is 0 Å². The van der Waals surface area contributed by atoms with Gasteiger partial charge < -0.3 is 10.2 Å². The average Bonchev–Trinajstić information content (AvgIpc) is 3.16. The molecule has 10 nitrogen and oxygen atoms in total. The quantitative estimate of drug-likeness (QED) is 0.335. The number of anilines is 1. The third-order valence-electron chi connectivity index (χ3n) is 1.97. The van der Waals surface area contributed by atoms with Crippen LogP contribution in [-0.2, 0) is 4.79 Å². The van der Waals surface area contributed by atoms with E-state index in [4.69, 9.17) is 32.6 Å². The van der Waals surface area contributed by atoms with Gasteiger partial charge >= 0.3 is 0 Å². The summed E-state index contributed by atoms with van der Waals surface area (Å²) in [5.74, 6) is 0.451. The molecule has 4 N–H and O–H groups in total. The second-order valence-electron chi connectivity index (χ2n) is 3.43. The first kappa shape index (κ1) is 17.7. The molecule has 0 saturated heterocycles. The Morgan fingerprint density at radius 3 is 2.18 bits per heavy atom. The van der Waals surface area contributed by atoms with Crippen molar-refractivity contribution in [1.82, 2.24) is 29.4 Å². The highest BCUT2D eigenvalue weighted by atomic mass is 32.1. The summed E-state index contributed by atoms with van der Waals surface area (Å²) in [5, 5.41) is 20.0. The third kappa shape index (κ3) is 5.21. The minimum atomic E-state index is 0.262. The second kappa shape index (κ2) is 8.84. The Hall–Kier alpha value is -2.34. The number of H-pyrrole nitrogens is 1.